The quantitative estimate of drug-likeness (QED) is 0.656. The van der Waals surface area contributed by atoms with Gasteiger partial charge >= 0.3 is 0 Å². The zero-order chi connectivity index (χ0) is 10.7. The van der Waals surface area contributed by atoms with Gasteiger partial charge in [0.2, 0.25) is 17.8 Å². The first kappa shape index (κ1) is 10.3. The van der Waals surface area contributed by atoms with Gasteiger partial charge in [-0.15, -0.1) is 0 Å². The van der Waals surface area contributed by atoms with Crippen LogP contribution in [0.4, 0.5) is 14.7 Å². The van der Waals surface area contributed by atoms with Gasteiger partial charge in [0.15, 0.2) is 0 Å². The number of rotatable bonds is 3. The molecular weight excluding hydrogens is 196 g/mol. The minimum absolute atomic E-state index is 0.431. The number of halogens is 2. The van der Waals surface area contributed by atoms with Crippen molar-refractivity contribution in [1.82, 2.24) is 9.97 Å². The molecule has 0 amide bonds. The number of anilines is 1. The van der Waals surface area contributed by atoms with Crippen LogP contribution in [0, 0.1) is 11.9 Å². The summed E-state index contributed by atoms with van der Waals surface area (Å²) < 4.78 is 25.0. The number of aromatic nitrogens is 2. The monoisotopic (exact) mass is 202 g/mol. The Morgan fingerprint density at radius 1 is 1.50 bits per heavy atom. The maximum Gasteiger partial charge on any atom is 0.228 e. The molecular formula is C7H6F2N3O2-. The number of hydrogen-bond donors (Lipinski definition) is 1. The van der Waals surface area contributed by atoms with Gasteiger partial charge in [0.25, 0.3) is 0 Å². The number of aliphatic carboxylic acids is 1. The Balaban J connectivity index is 2.81. The van der Waals surface area contributed by atoms with E-state index in [-0.39, 0.29) is 0 Å². The Labute approximate surface area is 77.8 Å². The van der Waals surface area contributed by atoms with Crippen molar-refractivity contribution in [3.05, 3.63) is 18.0 Å². The third kappa shape index (κ3) is 2.61. The van der Waals surface area contributed by atoms with E-state index in [0.717, 1.165) is 0 Å². The molecule has 1 aromatic rings. The molecule has 0 saturated heterocycles. The normalized spacial score (nSPS) is 12.2. The maximum absolute atomic E-state index is 12.5. The van der Waals surface area contributed by atoms with E-state index in [1.54, 1.807) is 0 Å². The maximum atomic E-state index is 12.5. The molecule has 0 saturated carbocycles. The molecule has 0 aliphatic rings. The number of carbonyl (C=O) groups excluding carboxylic acids is 1. The fourth-order valence-electron chi connectivity index (χ4n) is 0.707. The smallest absolute Gasteiger partial charge is 0.228 e. The lowest BCUT2D eigenvalue weighted by Gasteiger charge is -2.13. The molecule has 0 spiro atoms. The molecule has 0 aliphatic heterocycles. The van der Waals surface area contributed by atoms with E-state index in [1.165, 1.54) is 6.92 Å². The Hall–Kier alpha value is -1.79. The van der Waals surface area contributed by atoms with E-state index in [4.69, 9.17) is 0 Å². The number of carboxylic acids is 1. The van der Waals surface area contributed by atoms with E-state index in [9.17, 15) is 18.7 Å². The van der Waals surface area contributed by atoms with Crippen LogP contribution in [0.2, 0.25) is 0 Å². The van der Waals surface area contributed by atoms with E-state index >= 15 is 0 Å². The lowest BCUT2D eigenvalue weighted by molar-refractivity contribution is -0.306. The lowest BCUT2D eigenvalue weighted by atomic mass is 10.3. The van der Waals surface area contributed by atoms with Crippen LogP contribution in [0.15, 0.2) is 6.07 Å². The van der Waals surface area contributed by atoms with Gasteiger partial charge in [-0.25, -0.2) is 0 Å². The molecule has 0 aliphatic carbocycles. The second kappa shape index (κ2) is 3.95. The molecule has 1 aromatic heterocycles. The van der Waals surface area contributed by atoms with Crippen LogP contribution in [0.1, 0.15) is 6.92 Å². The van der Waals surface area contributed by atoms with E-state index < -0.39 is 29.9 Å². The predicted octanol–water partition coefficient (Wildman–Crippen LogP) is -0.695. The van der Waals surface area contributed by atoms with Crippen LogP contribution in [0.25, 0.3) is 0 Å². The summed E-state index contributed by atoms with van der Waals surface area (Å²) in [5.41, 5.74) is 0. The summed E-state index contributed by atoms with van der Waals surface area (Å²) in [6, 6.07) is -0.648. The Bertz CT molecular complexity index is 339. The first-order valence-corrected chi connectivity index (χ1v) is 3.66. The summed E-state index contributed by atoms with van der Waals surface area (Å²) in [6.45, 7) is 1.24. The molecule has 1 heterocycles. The number of hydrogen-bond acceptors (Lipinski definition) is 5. The van der Waals surface area contributed by atoms with Gasteiger partial charge in [-0.2, -0.15) is 18.7 Å². The van der Waals surface area contributed by atoms with Gasteiger partial charge in [0.1, 0.15) is 0 Å². The van der Waals surface area contributed by atoms with Crippen molar-refractivity contribution in [2.75, 3.05) is 5.32 Å². The summed E-state index contributed by atoms with van der Waals surface area (Å²) >= 11 is 0. The topological polar surface area (TPSA) is 77.9 Å². The van der Waals surface area contributed by atoms with Crippen LogP contribution < -0.4 is 10.4 Å². The van der Waals surface area contributed by atoms with Gasteiger partial charge in [0, 0.05) is 6.07 Å². The molecule has 0 fully saturated rings. The molecule has 14 heavy (non-hydrogen) atoms. The minimum Gasteiger partial charge on any atom is -0.548 e. The van der Waals surface area contributed by atoms with Crippen molar-refractivity contribution in [3.8, 4) is 0 Å². The molecule has 1 atom stereocenters. The summed E-state index contributed by atoms with van der Waals surface area (Å²) in [7, 11) is 0. The standard InChI is InChI=1S/C7H7F2N3O2/c1-3(6(13)14)10-7-11-4(8)2-5(9)12-7/h2-3H,1H3,(H,13,14)(H,10,11,12)/p-1/t3-/m1/s1. The number of nitrogens with one attached hydrogen (secondary N) is 1. The summed E-state index contributed by atoms with van der Waals surface area (Å²) in [4.78, 5) is 16.5. The minimum atomic E-state index is -1.42. The molecule has 5 nitrogen and oxygen atoms in total. The second-order valence-corrected chi connectivity index (χ2v) is 2.52. The number of nitrogens with zero attached hydrogens (tertiary/aromatic N) is 2. The molecule has 0 bridgehead atoms. The third-order valence-corrected chi connectivity index (χ3v) is 1.36. The highest BCUT2D eigenvalue weighted by Crippen LogP contribution is 2.03. The Kier molecular flexibility index (Phi) is 2.90. The van der Waals surface area contributed by atoms with Gasteiger partial charge in [-0.05, 0) is 6.92 Å². The van der Waals surface area contributed by atoms with Crippen LogP contribution in [-0.4, -0.2) is 22.0 Å². The molecule has 7 heteroatoms. The van der Waals surface area contributed by atoms with E-state index in [1.807, 2.05) is 0 Å². The average molecular weight is 202 g/mol. The van der Waals surface area contributed by atoms with Crippen molar-refractivity contribution in [1.29, 1.82) is 0 Å². The average Bonchev–Trinajstić information content (AvgIpc) is 2.01. The Morgan fingerprint density at radius 2 is 2.00 bits per heavy atom. The van der Waals surface area contributed by atoms with Gasteiger partial charge in [-0.3, -0.25) is 0 Å². The highest BCUT2D eigenvalue weighted by Gasteiger charge is 2.07. The number of carboxylic acid groups (broad SMARTS) is 1. The van der Waals surface area contributed by atoms with Gasteiger partial charge in [-0.1, -0.05) is 0 Å². The van der Waals surface area contributed by atoms with Crippen LogP contribution >= 0.6 is 0 Å². The fourth-order valence-corrected chi connectivity index (χ4v) is 0.707. The second-order valence-electron chi connectivity index (χ2n) is 2.52. The van der Waals surface area contributed by atoms with Crippen molar-refractivity contribution in [2.45, 2.75) is 13.0 Å². The third-order valence-electron chi connectivity index (χ3n) is 1.36. The molecule has 1 N–H and O–H groups in total. The van der Waals surface area contributed by atoms with Crippen molar-refractivity contribution >= 4 is 11.9 Å². The van der Waals surface area contributed by atoms with E-state index in [2.05, 4.69) is 15.3 Å². The first-order chi connectivity index (χ1) is 6.49. The van der Waals surface area contributed by atoms with Gasteiger partial charge in [0.05, 0.1) is 12.0 Å². The molecule has 0 aromatic carbocycles. The van der Waals surface area contributed by atoms with Crippen LogP contribution in [-0.2, 0) is 4.79 Å². The van der Waals surface area contributed by atoms with Crippen LogP contribution in [0.3, 0.4) is 0 Å². The molecule has 0 unspecified atom stereocenters. The largest absolute Gasteiger partial charge is 0.548 e. The first-order valence-electron chi connectivity index (χ1n) is 3.66. The predicted molar refractivity (Wildman–Crippen MR) is 40.0 cm³/mol. The molecule has 0 radical (unpaired) electrons. The summed E-state index contributed by atoms with van der Waals surface area (Å²) in [6.07, 6.45) is 0. The van der Waals surface area contributed by atoms with Crippen LogP contribution in [0.5, 0.6) is 0 Å². The highest BCUT2D eigenvalue weighted by atomic mass is 19.1. The zero-order valence-corrected chi connectivity index (χ0v) is 7.12. The molecule has 1 rings (SSSR count). The lowest BCUT2D eigenvalue weighted by Crippen LogP contribution is -2.39. The SMILES string of the molecule is C[C@@H](Nc1nc(F)cc(F)n1)C(=O)[O-]. The summed E-state index contributed by atoms with van der Waals surface area (Å²) in [5, 5.41) is 12.4. The fraction of sp³-hybridized carbons (Fsp3) is 0.286. The van der Waals surface area contributed by atoms with Gasteiger partial charge < -0.3 is 15.2 Å². The van der Waals surface area contributed by atoms with Crippen molar-refractivity contribution < 1.29 is 18.7 Å². The Morgan fingerprint density at radius 3 is 2.43 bits per heavy atom. The van der Waals surface area contributed by atoms with Crippen molar-refractivity contribution in [2.24, 2.45) is 0 Å². The highest BCUT2D eigenvalue weighted by molar-refractivity contribution is 5.73. The number of carbonyl (C=O) groups is 1. The van der Waals surface area contributed by atoms with Crippen molar-refractivity contribution in [3.63, 3.8) is 0 Å². The summed E-state index contributed by atoms with van der Waals surface area (Å²) in [5.74, 6) is -4.01. The van der Waals surface area contributed by atoms with E-state index in [0.29, 0.717) is 6.07 Å². The molecule has 76 valence electrons. The zero-order valence-electron chi connectivity index (χ0n) is 7.12.